The Hall–Kier alpha value is -0.0400. The Balaban J connectivity index is 1.36. The van der Waals surface area contributed by atoms with Crippen molar-refractivity contribution in [1.82, 2.24) is 5.32 Å². The monoisotopic (exact) mass is 233 g/mol. The van der Waals surface area contributed by atoms with Gasteiger partial charge in [-0.25, -0.2) is 0 Å². The van der Waals surface area contributed by atoms with Crippen LogP contribution in [0, 0.1) is 29.1 Å². The Morgan fingerprint density at radius 2 is 1.82 bits per heavy atom. The van der Waals surface area contributed by atoms with E-state index in [2.05, 4.69) is 19.2 Å². The summed E-state index contributed by atoms with van der Waals surface area (Å²) in [5, 5.41) is 3.99. The maximum absolute atomic E-state index is 3.99. The highest BCUT2D eigenvalue weighted by Gasteiger charge is 2.77. The van der Waals surface area contributed by atoms with Gasteiger partial charge in [0.25, 0.3) is 0 Å². The molecular formula is C16H27N. The maximum Gasteiger partial charge on any atom is 0.0192 e. The highest BCUT2D eigenvalue weighted by atomic mass is 15.0. The third-order valence-electron chi connectivity index (χ3n) is 6.80. The van der Waals surface area contributed by atoms with Crippen molar-refractivity contribution in [3.8, 4) is 0 Å². The molecule has 2 bridgehead atoms. The second-order valence-corrected chi connectivity index (χ2v) is 8.00. The summed E-state index contributed by atoms with van der Waals surface area (Å²) in [4.78, 5) is 0. The molecule has 0 aromatic heterocycles. The predicted octanol–water partition coefficient (Wildman–Crippen LogP) is 3.59. The lowest BCUT2D eigenvalue weighted by atomic mass is 9.38. The zero-order valence-electron chi connectivity index (χ0n) is 11.5. The third-order valence-corrected chi connectivity index (χ3v) is 6.80. The van der Waals surface area contributed by atoms with Gasteiger partial charge in [0.2, 0.25) is 0 Å². The Labute approximate surface area is 106 Å². The Bertz CT molecular complexity index is 316. The molecule has 4 rings (SSSR count). The van der Waals surface area contributed by atoms with Crippen LogP contribution in [0.5, 0.6) is 0 Å². The standard InChI is InChI=1S/C16H27N/c1-11(2)4-3-5-17-15-8-13-6-12-7-14(9-15)16(12,13)10-15/h11-14,17H,3-10H2,1-2H3. The Kier molecular flexibility index (Phi) is 2.10. The minimum atomic E-state index is 0.609. The molecule has 4 fully saturated rings. The zero-order valence-corrected chi connectivity index (χ0v) is 11.5. The van der Waals surface area contributed by atoms with Crippen molar-refractivity contribution in [3.63, 3.8) is 0 Å². The van der Waals surface area contributed by atoms with E-state index < -0.39 is 0 Å². The normalized spacial score (nSPS) is 53.5. The van der Waals surface area contributed by atoms with Gasteiger partial charge < -0.3 is 5.32 Å². The van der Waals surface area contributed by atoms with Crippen molar-refractivity contribution in [2.75, 3.05) is 6.54 Å². The lowest BCUT2D eigenvalue weighted by Crippen LogP contribution is -2.60. The molecule has 0 aliphatic heterocycles. The third kappa shape index (κ3) is 1.25. The quantitative estimate of drug-likeness (QED) is 0.716. The van der Waals surface area contributed by atoms with Gasteiger partial charge in [0, 0.05) is 5.54 Å². The van der Waals surface area contributed by atoms with Crippen LogP contribution >= 0.6 is 0 Å². The fraction of sp³-hybridized carbons (Fsp3) is 1.00. The predicted molar refractivity (Wildman–Crippen MR) is 70.8 cm³/mol. The van der Waals surface area contributed by atoms with E-state index >= 15 is 0 Å². The van der Waals surface area contributed by atoms with Crippen molar-refractivity contribution in [2.45, 2.75) is 64.3 Å². The molecule has 17 heavy (non-hydrogen) atoms. The maximum atomic E-state index is 3.99. The Morgan fingerprint density at radius 3 is 2.35 bits per heavy atom. The van der Waals surface area contributed by atoms with Crippen molar-refractivity contribution >= 4 is 0 Å². The van der Waals surface area contributed by atoms with Crippen LogP contribution in [0.15, 0.2) is 0 Å². The molecule has 4 aliphatic carbocycles. The average molecular weight is 233 g/mol. The number of fused-ring (bicyclic) bond motifs is 1. The van der Waals surface area contributed by atoms with Gasteiger partial charge in [0.1, 0.15) is 0 Å². The smallest absolute Gasteiger partial charge is 0.0192 e. The number of hydrogen-bond donors (Lipinski definition) is 1. The van der Waals surface area contributed by atoms with Crippen molar-refractivity contribution < 1.29 is 0 Å². The number of nitrogens with one attached hydrogen (secondary N) is 1. The van der Waals surface area contributed by atoms with E-state index in [9.17, 15) is 0 Å². The van der Waals surface area contributed by atoms with E-state index in [-0.39, 0.29) is 0 Å². The van der Waals surface area contributed by atoms with E-state index in [1.807, 2.05) is 0 Å². The van der Waals surface area contributed by atoms with Crippen LogP contribution in [0.4, 0.5) is 0 Å². The lowest BCUT2D eigenvalue weighted by molar-refractivity contribution is -0.175. The van der Waals surface area contributed by atoms with Gasteiger partial charge in [-0.3, -0.25) is 0 Å². The van der Waals surface area contributed by atoms with E-state index in [4.69, 9.17) is 0 Å². The van der Waals surface area contributed by atoms with E-state index in [0.717, 1.165) is 23.2 Å². The van der Waals surface area contributed by atoms with Crippen LogP contribution in [0.25, 0.3) is 0 Å². The summed E-state index contributed by atoms with van der Waals surface area (Å²) in [5.41, 5.74) is 1.50. The van der Waals surface area contributed by atoms with E-state index in [0.29, 0.717) is 5.54 Å². The molecule has 0 aromatic carbocycles. The molecule has 1 N–H and O–H groups in total. The summed E-state index contributed by atoms with van der Waals surface area (Å²) >= 11 is 0. The molecule has 4 aliphatic rings. The van der Waals surface area contributed by atoms with E-state index in [1.165, 1.54) is 38.1 Å². The highest BCUT2D eigenvalue weighted by Crippen LogP contribution is 2.82. The molecule has 2 unspecified atom stereocenters. The first-order valence-corrected chi connectivity index (χ1v) is 7.90. The van der Waals surface area contributed by atoms with Crippen molar-refractivity contribution in [1.29, 1.82) is 0 Å². The van der Waals surface area contributed by atoms with Crippen LogP contribution in [0.3, 0.4) is 0 Å². The van der Waals surface area contributed by atoms with Crippen LogP contribution in [-0.4, -0.2) is 12.1 Å². The fourth-order valence-electron chi connectivity index (χ4n) is 6.15. The van der Waals surface area contributed by atoms with Gasteiger partial charge in [0.05, 0.1) is 0 Å². The molecule has 1 heteroatoms. The van der Waals surface area contributed by atoms with Gasteiger partial charge >= 0.3 is 0 Å². The molecule has 0 amide bonds. The van der Waals surface area contributed by atoms with Crippen LogP contribution in [0.2, 0.25) is 0 Å². The van der Waals surface area contributed by atoms with Crippen LogP contribution < -0.4 is 5.32 Å². The molecule has 4 saturated carbocycles. The van der Waals surface area contributed by atoms with Crippen LogP contribution in [0.1, 0.15) is 58.8 Å². The summed E-state index contributed by atoms with van der Waals surface area (Å²) in [7, 11) is 0. The SMILES string of the molecule is CC(C)CCCNC12CC3CC4CC(C1)C43C2. The fourth-order valence-corrected chi connectivity index (χ4v) is 6.15. The second kappa shape index (κ2) is 3.29. The van der Waals surface area contributed by atoms with Crippen molar-refractivity contribution in [2.24, 2.45) is 29.1 Å². The molecule has 0 aromatic rings. The van der Waals surface area contributed by atoms with E-state index in [1.54, 1.807) is 19.3 Å². The second-order valence-electron chi connectivity index (χ2n) is 8.00. The van der Waals surface area contributed by atoms with Gasteiger partial charge in [-0.05, 0) is 80.6 Å². The molecule has 1 nitrogen and oxygen atoms in total. The first kappa shape index (κ1) is 10.8. The molecular weight excluding hydrogens is 206 g/mol. The topological polar surface area (TPSA) is 12.0 Å². The lowest BCUT2D eigenvalue weighted by Gasteiger charge is -2.66. The summed E-state index contributed by atoms with van der Waals surface area (Å²) in [6, 6.07) is 0. The minimum absolute atomic E-state index is 0.609. The summed E-state index contributed by atoms with van der Waals surface area (Å²) < 4.78 is 0. The largest absolute Gasteiger partial charge is 0.311 e. The summed E-state index contributed by atoms with van der Waals surface area (Å²) in [6.45, 7) is 5.96. The van der Waals surface area contributed by atoms with Crippen molar-refractivity contribution in [3.05, 3.63) is 0 Å². The van der Waals surface area contributed by atoms with Gasteiger partial charge in [-0.1, -0.05) is 13.8 Å². The molecule has 0 heterocycles. The van der Waals surface area contributed by atoms with Gasteiger partial charge in [0.15, 0.2) is 0 Å². The molecule has 0 saturated heterocycles. The Morgan fingerprint density at radius 1 is 1.12 bits per heavy atom. The van der Waals surface area contributed by atoms with Crippen LogP contribution in [-0.2, 0) is 0 Å². The summed E-state index contributed by atoms with van der Waals surface area (Å²) in [5.74, 6) is 4.31. The minimum Gasteiger partial charge on any atom is -0.311 e. The first-order chi connectivity index (χ1) is 8.15. The first-order valence-electron chi connectivity index (χ1n) is 7.90. The zero-order chi connectivity index (χ0) is 11.7. The molecule has 0 radical (unpaired) electrons. The number of rotatable bonds is 5. The molecule has 1 spiro atoms. The molecule has 96 valence electrons. The van der Waals surface area contributed by atoms with Gasteiger partial charge in [-0.2, -0.15) is 0 Å². The average Bonchev–Trinajstić information content (AvgIpc) is 2.70. The highest BCUT2D eigenvalue weighted by molar-refractivity contribution is 5.28. The number of hydrogen-bond acceptors (Lipinski definition) is 1. The molecule has 2 atom stereocenters. The summed E-state index contributed by atoms with van der Waals surface area (Å²) in [6.07, 6.45) is 10.6. The van der Waals surface area contributed by atoms with Gasteiger partial charge in [-0.15, -0.1) is 0 Å².